The summed E-state index contributed by atoms with van der Waals surface area (Å²) in [6.07, 6.45) is 2.62. The lowest BCUT2D eigenvalue weighted by Gasteiger charge is -2.33. The molecule has 9 heteroatoms. The summed E-state index contributed by atoms with van der Waals surface area (Å²) in [7, 11) is -3.14. The Hall–Kier alpha value is -1.19. The molecule has 0 aromatic carbocycles. The average molecular weight is 331 g/mol. The van der Waals surface area contributed by atoms with Crippen LogP contribution >= 0.6 is 11.3 Å². The number of carbonyl (C=O) groups is 1. The van der Waals surface area contributed by atoms with Gasteiger partial charge >= 0.3 is 5.97 Å². The molecule has 0 radical (unpaired) electrons. The first-order chi connectivity index (χ1) is 9.86. The van der Waals surface area contributed by atoms with Crippen molar-refractivity contribution in [1.29, 1.82) is 0 Å². The van der Waals surface area contributed by atoms with E-state index < -0.39 is 21.9 Å². The van der Waals surface area contributed by atoms with Gasteiger partial charge in [0.25, 0.3) is 0 Å². The van der Waals surface area contributed by atoms with Crippen LogP contribution in [0.15, 0.2) is 0 Å². The molecule has 1 aromatic heterocycles. The van der Waals surface area contributed by atoms with Crippen molar-refractivity contribution in [2.24, 2.45) is 0 Å². The van der Waals surface area contributed by atoms with Crippen molar-refractivity contribution >= 4 is 32.5 Å². The Kier molecular flexibility index (Phi) is 3.66. The van der Waals surface area contributed by atoms with Gasteiger partial charge in [-0.1, -0.05) is 0 Å². The van der Waals surface area contributed by atoms with E-state index in [1.807, 2.05) is 4.90 Å². The van der Waals surface area contributed by atoms with Crippen molar-refractivity contribution in [2.75, 3.05) is 37.3 Å². The highest BCUT2D eigenvalue weighted by Gasteiger charge is 2.34. The normalized spacial score (nSPS) is 23.3. The number of nitrogens with zero attached hydrogens (tertiary/aromatic N) is 3. The number of thiazole rings is 1. The maximum atomic E-state index is 11.5. The maximum absolute atomic E-state index is 11.5. The Balaban J connectivity index is 1.73. The molecule has 1 aliphatic carbocycles. The fourth-order valence-electron chi connectivity index (χ4n) is 2.80. The Morgan fingerprint density at radius 1 is 1.33 bits per heavy atom. The average Bonchev–Trinajstić information content (AvgIpc) is 2.96. The van der Waals surface area contributed by atoms with E-state index in [1.165, 1.54) is 10.6 Å². The first kappa shape index (κ1) is 14.7. The summed E-state index contributed by atoms with van der Waals surface area (Å²) in [6, 6.07) is 0. The molecular weight excluding hydrogens is 314 g/mol. The molecule has 2 aliphatic rings. The number of sulfonamides is 1. The van der Waals surface area contributed by atoms with Gasteiger partial charge in [-0.2, -0.15) is 4.31 Å². The summed E-state index contributed by atoms with van der Waals surface area (Å²) in [6.45, 7) is 2.09. The van der Waals surface area contributed by atoms with Gasteiger partial charge < -0.3 is 10.0 Å². The van der Waals surface area contributed by atoms with Crippen molar-refractivity contribution in [3.8, 4) is 0 Å². The highest BCUT2D eigenvalue weighted by molar-refractivity contribution is 7.88. The Labute approximate surface area is 127 Å². The van der Waals surface area contributed by atoms with Crippen molar-refractivity contribution < 1.29 is 18.3 Å². The van der Waals surface area contributed by atoms with Crippen LogP contribution in [0.3, 0.4) is 0 Å². The largest absolute Gasteiger partial charge is 0.481 e. The van der Waals surface area contributed by atoms with E-state index in [0.717, 1.165) is 16.4 Å². The van der Waals surface area contributed by atoms with Gasteiger partial charge in [0.1, 0.15) is 5.92 Å². The van der Waals surface area contributed by atoms with Gasteiger partial charge in [-0.05, 0) is 12.8 Å². The van der Waals surface area contributed by atoms with E-state index in [0.29, 0.717) is 38.3 Å². The van der Waals surface area contributed by atoms with Crippen LogP contribution in [0.25, 0.3) is 0 Å². The van der Waals surface area contributed by atoms with Crippen LogP contribution in [0, 0.1) is 0 Å². The summed E-state index contributed by atoms with van der Waals surface area (Å²) in [4.78, 5) is 18.8. The lowest BCUT2D eigenvalue weighted by Crippen LogP contribution is -2.48. The molecule has 1 atom stereocenters. The zero-order chi connectivity index (χ0) is 15.2. The second kappa shape index (κ2) is 5.22. The van der Waals surface area contributed by atoms with Gasteiger partial charge in [-0.25, -0.2) is 13.4 Å². The summed E-state index contributed by atoms with van der Waals surface area (Å²) in [5, 5.41) is 10.0. The number of carboxylic acids is 1. The number of aromatic nitrogens is 1. The van der Waals surface area contributed by atoms with E-state index in [1.54, 1.807) is 11.3 Å². The van der Waals surface area contributed by atoms with Gasteiger partial charge in [0.15, 0.2) is 5.13 Å². The van der Waals surface area contributed by atoms with Gasteiger partial charge in [0, 0.05) is 31.1 Å². The van der Waals surface area contributed by atoms with Crippen molar-refractivity contribution in [1.82, 2.24) is 9.29 Å². The van der Waals surface area contributed by atoms with Crippen LogP contribution in [0.5, 0.6) is 0 Å². The van der Waals surface area contributed by atoms with Crippen LogP contribution in [-0.4, -0.2) is 61.2 Å². The number of hydrogen-bond donors (Lipinski definition) is 1. The number of carboxylic acid groups (broad SMARTS) is 1. The third kappa shape index (κ3) is 2.77. The summed E-state index contributed by atoms with van der Waals surface area (Å²) in [5.74, 6) is -1.30. The van der Waals surface area contributed by atoms with Crippen LogP contribution in [-0.2, 0) is 21.2 Å². The smallest absolute Gasteiger partial charge is 0.312 e. The van der Waals surface area contributed by atoms with E-state index in [2.05, 4.69) is 4.98 Å². The van der Waals surface area contributed by atoms with E-state index in [-0.39, 0.29) is 0 Å². The number of aliphatic carboxylic acids is 1. The lowest BCUT2D eigenvalue weighted by molar-refractivity contribution is -0.138. The van der Waals surface area contributed by atoms with Gasteiger partial charge in [-0.3, -0.25) is 4.79 Å². The molecule has 116 valence electrons. The highest BCUT2D eigenvalue weighted by Crippen LogP contribution is 2.39. The number of rotatable bonds is 3. The summed E-state index contributed by atoms with van der Waals surface area (Å²) >= 11 is 1.54. The monoisotopic (exact) mass is 331 g/mol. The number of fused-ring (bicyclic) bond motifs is 1. The molecule has 0 bridgehead atoms. The number of anilines is 1. The molecule has 1 aliphatic heterocycles. The SMILES string of the molecule is CS(=O)(=O)N1CCN(c2nc3c(s2)CCC3C(=O)O)CC1. The van der Waals surface area contributed by atoms with Crippen LogP contribution in [0.1, 0.15) is 22.9 Å². The number of hydrogen-bond acceptors (Lipinski definition) is 6. The summed E-state index contributed by atoms with van der Waals surface area (Å²) in [5.41, 5.74) is 0.702. The van der Waals surface area contributed by atoms with Crippen LogP contribution in [0.2, 0.25) is 0 Å². The fourth-order valence-corrected chi connectivity index (χ4v) is 4.82. The number of piperazine rings is 1. The first-order valence-electron chi connectivity index (χ1n) is 6.79. The first-order valence-corrected chi connectivity index (χ1v) is 9.45. The Morgan fingerprint density at radius 3 is 2.57 bits per heavy atom. The van der Waals surface area contributed by atoms with Crippen molar-refractivity contribution in [3.63, 3.8) is 0 Å². The third-order valence-electron chi connectivity index (χ3n) is 3.98. The zero-order valence-electron chi connectivity index (χ0n) is 11.7. The molecule has 1 saturated heterocycles. The second-order valence-electron chi connectivity index (χ2n) is 5.38. The minimum absolute atomic E-state index is 0.450. The standard InChI is InChI=1S/C12H17N3O4S2/c1-21(18,19)15-6-4-14(5-7-15)12-13-10-8(11(16)17)2-3-9(10)20-12/h8H,2-7H2,1H3,(H,16,17). The fraction of sp³-hybridized carbons (Fsp3) is 0.667. The molecule has 0 amide bonds. The van der Waals surface area contributed by atoms with E-state index >= 15 is 0 Å². The topological polar surface area (TPSA) is 90.8 Å². The molecular formula is C12H17N3O4S2. The van der Waals surface area contributed by atoms with Crippen LogP contribution in [0.4, 0.5) is 5.13 Å². The quantitative estimate of drug-likeness (QED) is 0.859. The molecule has 3 rings (SSSR count). The maximum Gasteiger partial charge on any atom is 0.312 e. The number of aryl methyl sites for hydroxylation is 1. The van der Waals surface area contributed by atoms with E-state index in [9.17, 15) is 18.3 Å². The molecule has 2 heterocycles. The van der Waals surface area contributed by atoms with Gasteiger partial charge in [-0.15, -0.1) is 11.3 Å². The van der Waals surface area contributed by atoms with Crippen molar-refractivity contribution in [2.45, 2.75) is 18.8 Å². The van der Waals surface area contributed by atoms with Crippen LogP contribution < -0.4 is 4.90 Å². The predicted molar refractivity (Wildman–Crippen MR) is 79.4 cm³/mol. The molecule has 7 nitrogen and oxygen atoms in total. The molecule has 1 unspecified atom stereocenters. The highest BCUT2D eigenvalue weighted by atomic mass is 32.2. The zero-order valence-corrected chi connectivity index (χ0v) is 13.3. The summed E-state index contributed by atoms with van der Waals surface area (Å²) < 4.78 is 24.4. The molecule has 1 fully saturated rings. The third-order valence-corrected chi connectivity index (χ3v) is 6.48. The molecule has 0 saturated carbocycles. The van der Waals surface area contributed by atoms with Crippen molar-refractivity contribution in [3.05, 3.63) is 10.6 Å². The predicted octanol–water partition coefficient (Wildman–Crippen LogP) is 0.339. The Bertz CT molecular complexity index is 662. The molecule has 0 spiro atoms. The van der Waals surface area contributed by atoms with Gasteiger partial charge in [0.2, 0.25) is 10.0 Å². The molecule has 1 N–H and O–H groups in total. The second-order valence-corrected chi connectivity index (χ2v) is 8.43. The molecule has 1 aromatic rings. The molecule has 21 heavy (non-hydrogen) atoms. The minimum atomic E-state index is -3.14. The minimum Gasteiger partial charge on any atom is -0.481 e. The van der Waals surface area contributed by atoms with E-state index in [4.69, 9.17) is 0 Å². The Morgan fingerprint density at radius 2 is 2.00 bits per heavy atom. The van der Waals surface area contributed by atoms with Gasteiger partial charge in [0.05, 0.1) is 11.9 Å². The lowest BCUT2D eigenvalue weighted by atomic mass is 10.1.